The Labute approximate surface area is 342 Å². The first kappa shape index (κ1) is 38.5. The molecule has 0 fully saturated rings. The number of rotatable bonds is 16. The third-order valence-electron chi connectivity index (χ3n) is 13.3. The first-order chi connectivity index (χ1) is 27.3. The van der Waals surface area contributed by atoms with E-state index in [9.17, 15) is 0 Å². The Balaban J connectivity index is 1.12. The molecule has 286 valence electrons. The SMILES string of the molecule is CCCCCCCCC1(CCCCCCC)c2ccccc2-c2ccc(-c3ccc4c(c3)C(C)(C)c3cc(-c5cccc(-c6cccc(Cl)c6)c5)ccc3-4)cc21. The molecule has 2 aliphatic carbocycles. The zero-order valence-corrected chi connectivity index (χ0v) is 35.0. The lowest BCUT2D eigenvalue weighted by Crippen LogP contribution is -2.25. The summed E-state index contributed by atoms with van der Waals surface area (Å²) >= 11 is 6.37. The maximum atomic E-state index is 6.37. The van der Waals surface area contributed by atoms with Gasteiger partial charge in [0.1, 0.15) is 0 Å². The van der Waals surface area contributed by atoms with Gasteiger partial charge in [0, 0.05) is 15.9 Å². The van der Waals surface area contributed by atoms with Crippen molar-refractivity contribution < 1.29 is 0 Å². The van der Waals surface area contributed by atoms with Crippen molar-refractivity contribution in [2.24, 2.45) is 0 Å². The molecule has 0 heterocycles. The molecule has 0 saturated carbocycles. The average molecular weight is 756 g/mol. The van der Waals surface area contributed by atoms with Crippen molar-refractivity contribution >= 4 is 11.6 Å². The van der Waals surface area contributed by atoms with Gasteiger partial charge in [-0.05, 0) is 127 Å². The predicted octanol–water partition coefficient (Wildman–Crippen LogP) is 17.0. The number of hydrogen-bond donors (Lipinski definition) is 0. The van der Waals surface area contributed by atoms with Crippen LogP contribution in [0.25, 0.3) is 55.6 Å². The topological polar surface area (TPSA) is 0 Å². The highest BCUT2D eigenvalue weighted by Crippen LogP contribution is 2.56. The largest absolute Gasteiger partial charge is 0.0843 e. The van der Waals surface area contributed by atoms with Crippen molar-refractivity contribution in [3.8, 4) is 55.6 Å². The van der Waals surface area contributed by atoms with Crippen LogP contribution in [0, 0.1) is 0 Å². The van der Waals surface area contributed by atoms with Crippen LogP contribution in [0.15, 0.2) is 127 Å². The zero-order chi connectivity index (χ0) is 38.7. The van der Waals surface area contributed by atoms with E-state index in [0.29, 0.717) is 0 Å². The van der Waals surface area contributed by atoms with Crippen LogP contribution in [-0.4, -0.2) is 0 Å². The minimum absolute atomic E-state index is 0.0889. The summed E-state index contributed by atoms with van der Waals surface area (Å²) in [5, 5.41) is 0.764. The normalized spacial score (nSPS) is 16.0. The van der Waals surface area contributed by atoms with E-state index in [0.717, 1.165) is 10.6 Å². The molecule has 0 nitrogen and oxygen atoms in total. The summed E-state index contributed by atoms with van der Waals surface area (Å²) in [6.45, 7) is 9.47. The van der Waals surface area contributed by atoms with E-state index in [-0.39, 0.29) is 10.8 Å². The molecule has 1 atom stereocenters. The number of unbranched alkanes of at least 4 members (excludes halogenated alkanes) is 9. The van der Waals surface area contributed by atoms with Gasteiger partial charge >= 0.3 is 0 Å². The molecule has 0 bridgehead atoms. The van der Waals surface area contributed by atoms with Crippen LogP contribution in [0.5, 0.6) is 0 Å². The Hall–Kier alpha value is -4.39. The van der Waals surface area contributed by atoms with Crippen molar-refractivity contribution in [3.05, 3.63) is 155 Å². The van der Waals surface area contributed by atoms with E-state index >= 15 is 0 Å². The van der Waals surface area contributed by atoms with Gasteiger partial charge in [0.15, 0.2) is 0 Å². The molecular formula is C55H59Cl. The first-order valence-electron chi connectivity index (χ1n) is 21.7. The van der Waals surface area contributed by atoms with E-state index in [2.05, 4.69) is 137 Å². The summed E-state index contributed by atoms with van der Waals surface area (Å²) < 4.78 is 0. The van der Waals surface area contributed by atoms with Gasteiger partial charge in [0.25, 0.3) is 0 Å². The molecule has 0 aromatic heterocycles. The summed E-state index contributed by atoms with van der Waals surface area (Å²) in [4.78, 5) is 0. The fourth-order valence-electron chi connectivity index (χ4n) is 10.2. The van der Waals surface area contributed by atoms with Crippen LogP contribution in [0.2, 0.25) is 5.02 Å². The average Bonchev–Trinajstić information content (AvgIpc) is 3.63. The van der Waals surface area contributed by atoms with Crippen LogP contribution < -0.4 is 0 Å². The van der Waals surface area contributed by atoms with Crippen LogP contribution >= 0.6 is 11.6 Å². The van der Waals surface area contributed by atoms with Crippen molar-refractivity contribution in [1.82, 2.24) is 0 Å². The van der Waals surface area contributed by atoms with Gasteiger partial charge in [0.05, 0.1) is 0 Å². The molecule has 0 amide bonds. The van der Waals surface area contributed by atoms with Gasteiger partial charge in [-0.1, -0.05) is 201 Å². The second kappa shape index (κ2) is 16.6. The summed E-state index contributed by atoms with van der Waals surface area (Å²) in [5.74, 6) is 0. The minimum atomic E-state index is -0.117. The van der Waals surface area contributed by atoms with Crippen LogP contribution in [0.1, 0.15) is 133 Å². The molecular weight excluding hydrogens is 696 g/mol. The Morgan fingerprint density at radius 2 is 0.804 bits per heavy atom. The molecule has 0 aliphatic heterocycles. The van der Waals surface area contributed by atoms with E-state index in [1.165, 1.54) is 145 Å². The molecule has 6 aromatic rings. The van der Waals surface area contributed by atoms with Crippen molar-refractivity contribution in [3.63, 3.8) is 0 Å². The maximum Gasteiger partial charge on any atom is 0.0412 e. The fourth-order valence-corrected chi connectivity index (χ4v) is 10.4. The summed E-state index contributed by atoms with van der Waals surface area (Å²) in [5.41, 5.74) is 19.1. The molecule has 56 heavy (non-hydrogen) atoms. The molecule has 0 radical (unpaired) electrons. The van der Waals surface area contributed by atoms with Gasteiger partial charge in [-0.25, -0.2) is 0 Å². The Bertz CT molecular complexity index is 2320. The fraction of sp³-hybridized carbons (Fsp3) is 0.345. The molecule has 1 heteroatoms. The molecule has 0 spiro atoms. The summed E-state index contributed by atoms with van der Waals surface area (Å²) in [7, 11) is 0. The van der Waals surface area contributed by atoms with E-state index in [4.69, 9.17) is 11.6 Å². The van der Waals surface area contributed by atoms with Gasteiger partial charge in [-0.3, -0.25) is 0 Å². The summed E-state index contributed by atoms with van der Waals surface area (Å²) in [6.07, 6.45) is 17.1. The molecule has 8 rings (SSSR count). The second-order valence-electron chi connectivity index (χ2n) is 17.3. The number of halogens is 1. The maximum absolute atomic E-state index is 6.37. The van der Waals surface area contributed by atoms with Crippen molar-refractivity contribution in [2.45, 2.75) is 122 Å². The second-order valence-corrected chi connectivity index (χ2v) is 17.7. The number of hydrogen-bond acceptors (Lipinski definition) is 0. The molecule has 0 N–H and O–H groups in total. The summed E-state index contributed by atoms with van der Waals surface area (Å²) in [6, 6.07) is 48.3. The third-order valence-corrected chi connectivity index (χ3v) is 13.5. The Morgan fingerprint density at radius 3 is 1.36 bits per heavy atom. The molecule has 0 saturated heterocycles. The van der Waals surface area contributed by atoms with Crippen LogP contribution in [0.4, 0.5) is 0 Å². The van der Waals surface area contributed by atoms with Crippen molar-refractivity contribution in [2.75, 3.05) is 0 Å². The quantitative estimate of drug-likeness (QED) is 0.0863. The number of fused-ring (bicyclic) bond motifs is 6. The van der Waals surface area contributed by atoms with Gasteiger partial charge in [0.2, 0.25) is 0 Å². The Kier molecular flexibility index (Phi) is 11.4. The first-order valence-corrected chi connectivity index (χ1v) is 22.1. The lowest BCUT2D eigenvalue weighted by Gasteiger charge is -2.33. The highest BCUT2D eigenvalue weighted by Gasteiger charge is 2.42. The lowest BCUT2D eigenvalue weighted by molar-refractivity contribution is 0.398. The molecule has 6 aromatic carbocycles. The predicted molar refractivity (Wildman–Crippen MR) is 243 cm³/mol. The smallest absolute Gasteiger partial charge is 0.0412 e. The van der Waals surface area contributed by atoms with Crippen LogP contribution in [0.3, 0.4) is 0 Å². The number of benzene rings is 6. The molecule has 2 aliphatic rings. The monoisotopic (exact) mass is 754 g/mol. The van der Waals surface area contributed by atoms with E-state index in [1.54, 1.807) is 11.1 Å². The van der Waals surface area contributed by atoms with E-state index < -0.39 is 0 Å². The highest BCUT2D eigenvalue weighted by atomic mass is 35.5. The van der Waals surface area contributed by atoms with Crippen LogP contribution in [-0.2, 0) is 10.8 Å². The Morgan fingerprint density at radius 1 is 0.375 bits per heavy atom. The van der Waals surface area contributed by atoms with Crippen molar-refractivity contribution in [1.29, 1.82) is 0 Å². The lowest BCUT2D eigenvalue weighted by atomic mass is 9.70. The van der Waals surface area contributed by atoms with Gasteiger partial charge in [-0.15, -0.1) is 0 Å². The molecule has 1 unspecified atom stereocenters. The zero-order valence-electron chi connectivity index (χ0n) is 34.2. The standard InChI is InChI=1S/C55H59Cl/c1-5-7-9-11-13-17-33-55(32-16-12-10-8-6-2)50-25-15-14-24-46(50)49-31-28-44(38-53(49)55)43-27-30-48-47-29-26-42(36-51(47)54(3,4)52(48)37-43)40-21-18-20-39(34-40)41-22-19-23-45(56)35-41/h14-15,18-31,34-38H,5-13,16-17,32-33H2,1-4H3. The van der Waals surface area contributed by atoms with E-state index in [1.807, 2.05) is 18.2 Å². The van der Waals surface area contributed by atoms with Gasteiger partial charge in [-0.2, -0.15) is 0 Å². The third kappa shape index (κ3) is 7.31. The highest BCUT2D eigenvalue weighted by molar-refractivity contribution is 6.30. The van der Waals surface area contributed by atoms with Gasteiger partial charge < -0.3 is 0 Å². The minimum Gasteiger partial charge on any atom is -0.0843 e.